The van der Waals surface area contributed by atoms with Crippen LogP contribution in [-0.4, -0.2) is 28.8 Å². The summed E-state index contributed by atoms with van der Waals surface area (Å²) in [7, 11) is 0. The third-order valence-corrected chi connectivity index (χ3v) is 6.47. The standard InChI is InChI=1S/C25H22ClFN2O/c26-20-11-9-19(10-12-20)25-23-6-2-1-5-22(23)24(30)29(25)16-4-3-15-28(25)17-18-7-13-21(27)14-8-18/h1-2,5-14H,3-4,15-17H2. The molecule has 3 aromatic carbocycles. The first-order valence-electron chi connectivity index (χ1n) is 10.3. The van der Waals surface area contributed by atoms with Crippen molar-refractivity contribution in [3.05, 3.63) is 106 Å². The van der Waals surface area contributed by atoms with Crippen LogP contribution in [0.3, 0.4) is 0 Å². The van der Waals surface area contributed by atoms with Crippen LogP contribution in [0.4, 0.5) is 4.39 Å². The summed E-state index contributed by atoms with van der Waals surface area (Å²) >= 11 is 6.20. The van der Waals surface area contributed by atoms with E-state index in [1.54, 1.807) is 0 Å². The minimum Gasteiger partial charge on any atom is -0.312 e. The maximum Gasteiger partial charge on any atom is 0.256 e. The molecule has 1 atom stereocenters. The van der Waals surface area contributed by atoms with Gasteiger partial charge in [0.25, 0.3) is 5.91 Å². The normalized spacial score (nSPS) is 21.3. The number of carbonyl (C=O) groups excluding carboxylic acids is 1. The lowest BCUT2D eigenvalue weighted by atomic mass is 9.88. The fraction of sp³-hybridized carbons (Fsp3) is 0.240. The smallest absolute Gasteiger partial charge is 0.256 e. The van der Waals surface area contributed by atoms with Gasteiger partial charge in [-0.25, -0.2) is 4.39 Å². The van der Waals surface area contributed by atoms with E-state index in [1.165, 1.54) is 12.1 Å². The molecule has 152 valence electrons. The molecule has 0 bridgehead atoms. The van der Waals surface area contributed by atoms with E-state index in [0.29, 0.717) is 18.1 Å². The lowest BCUT2D eigenvalue weighted by Crippen LogP contribution is -2.55. The van der Waals surface area contributed by atoms with Crippen LogP contribution in [0, 0.1) is 5.82 Å². The molecule has 1 fully saturated rings. The van der Waals surface area contributed by atoms with Gasteiger partial charge in [-0.15, -0.1) is 0 Å². The molecule has 0 saturated carbocycles. The summed E-state index contributed by atoms with van der Waals surface area (Å²) in [5.41, 5.74) is 3.08. The average molecular weight is 421 g/mol. The summed E-state index contributed by atoms with van der Waals surface area (Å²) < 4.78 is 13.5. The maximum atomic E-state index is 13.5. The van der Waals surface area contributed by atoms with E-state index in [4.69, 9.17) is 11.6 Å². The van der Waals surface area contributed by atoms with E-state index in [-0.39, 0.29) is 11.7 Å². The highest BCUT2D eigenvalue weighted by molar-refractivity contribution is 6.30. The quantitative estimate of drug-likeness (QED) is 0.564. The van der Waals surface area contributed by atoms with Crippen LogP contribution in [0.15, 0.2) is 72.8 Å². The molecular weight excluding hydrogens is 399 g/mol. The van der Waals surface area contributed by atoms with Crippen molar-refractivity contribution in [2.45, 2.75) is 25.0 Å². The van der Waals surface area contributed by atoms with Crippen LogP contribution >= 0.6 is 11.6 Å². The minimum atomic E-state index is -0.705. The Morgan fingerprint density at radius 3 is 2.37 bits per heavy atom. The van der Waals surface area contributed by atoms with E-state index >= 15 is 0 Å². The van der Waals surface area contributed by atoms with Gasteiger partial charge in [0.2, 0.25) is 0 Å². The molecule has 1 amide bonds. The SMILES string of the molecule is O=C1c2ccccc2C2(c3ccc(Cl)cc3)N(Cc3ccc(F)cc3)CCCCN12. The predicted octanol–water partition coefficient (Wildman–Crippen LogP) is 5.43. The van der Waals surface area contributed by atoms with Crippen molar-refractivity contribution in [1.29, 1.82) is 0 Å². The lowest BCUT2D eigenvalue weighted by molar-refractivity contribution is -0.00255. The first kappa shape index (κ1) is 19.3. The van der Waals surface area contributed by atoms with Crippen molar-refractivity contribution in [2.75, 3.05) is 13.1 Å². The second-order valence-electron chi connectivity index (χ2n) is 7.94. The van der Waals surface area contributed by atoms with Crippen LogP contribution in [0.2, 0.25) is 5.02 Å². The second-order valence-corrected chi connectivity index (χ2v) is 8.37. The van der Waals surface area contributed by atoms with Gasteiger partial charge in [-0.2, -0.15) is 0 Å². The summed E-state index contributed by atoms with van der Waals surface area (Å²) in [6.07, 6.45) is 1.93. The number of benzene rings is 3. The summed E-state index contributed by atoms with van der Waals surface area (Å²) in [4.78, 5) is 17.9. The molecule has 30 heavy (non-hydrogen) atoms. The fourth-order valence-corrected chi connectivity index (χ4v) is 5.06. The van der Waals surface area contributed by atoms with Gasteiger partial charge in [0.15, 0.2) is 0 Å². The summed E-state index contributed by atoms with van der Waals surface area (Å²) in [6.45, 7) is 2.13. The molecule has 1 unspecified atom stereocenters. The van der Waals surface area contributed by atoms with Gasteiger partial charge in [0, 0.05) is 35.8 Å². The number of hydrogen-bond donors (Lipinski definition) is 0. The average Bonchev–Trinajstić information content (AvgIpc) is 2.89. The Hall–Kier alpha value is -2.69. The van der Waals surface area contributed by atoms with Crippen molar-refractivity contribution in [1.82, 2.24) is 9.80 Å². The van der Waals surface area contributed by atoms with Crippen LogP contribution < -0.4 is 0 Å². The van der Waals surface area contributed by atoms with Gasteiger partial charge < -0.3 is 4.90 Å². The number of halogens is 2. The van der Waals surface area contributed by atoms with E-state index in [9.17, 15) is 9.18 Å². The maximum absolute atomic E-state index is 13.5. The van der Waals surface area contributed by atoms with Crippen molar-refractivity contribution >= 4 is 17.5 Å². The molecule has 5 rings (SSSR count). The Bertz CT molecular complexity index is 1080. The molecule has 3 nitrogen and oxygen atoms in total. The third kappa shape index (κ3) is 2.94. The van der Waals surface area contributed by atoms with Crippen LogP contribution in [0.5, 0.6) is 0 Å². The Morgan fingerprint density at radius 1 is 0.900 bits per heavy atom. The van der Waals surface area contributed by atoms with Crippen molar-refractivity contribution in [3.8, 4) is 0 Å². The van der Waals surface area contributed by atoms with Gasteiger partial charge in [-0.05, 0) is 54.3 Å². The van der Waals surface area contributed by atoms with Gasteiger partial charge in [-0.3, -0.25) is 9.69 Å². The number of fused-ring (bicyclic) bond motifs is 3. The Labute approximate surface area is 180 Å². The van der Waals surface area contributed by atoms with Gasteiger partial charge >= 0.3 is 0 Å². The zero-order chi connectivity index (χ0) is 20.7. The van der Waals surface area contributed by atoms with Crippen LogP contribution in [0.25, 0.3) is 0 Å². The first-order valence-corrected chi connectivity index (χ1v) is 10.7. The molecule has 0 N–H and O–H groups in total. The van der Waals surface area contributed by atoms with Crippen molar-refractivity contribution in [2.24, 2.45) is 0 Å². The molecule has 0 aromatic heterocycles. The molecule has 3 aromatic rings. The summed E-state index contributed by atoms with van der Waals surface area (Å²) in [5.74, 6) is -0.184. The monoisotopic (exact) mass is 420 g/mol. The van der Waals surface area contributed by atoms with E-state index in [1.807, 2.05) is 59.5 Å². The zero-order valence-corrected chi connectivity index (χ0v) is 17.3. The molecular formula is C25H22ClFN2O. The minimum absolute atomic E-state index is 0.0616. The lowest BCUT2D eigenvalue weighted by Gasteiger charge is -2.46. The number of hydrogen-bond acceptors (Lipinski definition) is 2. The van der Waals surface area contributed by atoms with E-state index < -0.39 is 5.66 Å². The van der Waals surface area contributed by atoms with E-state index in [0.717, 1.165) is 41.6 Å². The molecule has 5 heteroatoms. The van der Waals surface area contributed by atoms with Crippen LogP contribution in [-0.2, 0) is 12.2 Å². The number of carbonyl (C=O) groups is 1. The van der Waals surface area contributed by atoms with Crippen LogP contribution in [0.1, 0.15) is 39.9 Å². The molecule has 0 aliphatic carbocycles. The molecule has 2 heterocycles. The Kier molecular flexibility index (Phi) is 4.84. The molecule has 0 radical (unpaired) electrons. The highest BCUT2D eigenvalue weighted by Gasteiger charge is 2.54. The predicted molar refractivity (Wildman–Crippen MR) is 116 cm³/mol. The fourth-order valence-electron chi connectivity index (χ4n) is 4.93. The largest absolute Gasteiger partial charge is 0.312 e. The van der Waals surface area contributed by atoms with E-state index in [2.05, 4.69) is 11.0 Å². The third-order valence-electron chi connectivity index (χ3n) is 6.22. The first-order chi connectivity index (χ1) is 14.6. The summed E-state index contributed by atoms with van der Waals surface area (Å²) in [6, 6.07) is 22.3. The Balaban J connectivity index is 1.73. The number of rotatable bonds is 3. The summed E-state index contributed by atoms with van der Waals surface area (Å²) in [5, 5.41) is 0.665. The topological polar surface area (TPSA) is 23.6 Å². The molecule has 1 saturated heterocycles. The zero-order valence-electron chi connectivity index (χ0n) is 16.5. The Morgan fingerprint density at radius 2 is 1.60 bits per heavy atom. The second kappa shape index (κ2) is 7.53. The van der Waals surface area contributed by atoms with Crippen molar-refractivity contribution in [3.63, 3.8) is 0 Å². The highest BCUT2D eigenvalue weighted by Crippen LogP contribution is 2.48. The van der Waals surface area contributed by atoms with Gasteiger partial charge in [0.1, 0.15) is 11.5 Å². The molecule has 2 aliphatic heterocycles. The van der Waals surface area contributed by atoms with Gasteiger partial charge in [0.05, 0.1) is 0 Å². The molecule has 0 spiro atoms. The van der Waals surface area contributed by atoms with Gasteiger partial charge in [-0.1, -0.05) is 54.1 Å². The molecule has 2 aliphatic rings. The number of amides is 1. The number of nitrogens with zero attached hydrogens (tertiary/aromatic N) is 2. The van der Waals surface area contributed by atoms with Crippen molar-refractivity contribution < 1.29 is 9.18 Å². The highest BCUT2D eigenvalue weighted by atomic mass is 35.5.